The first kappa shape index (κ1) is 32.6. The summed E-state index contributed by atoms with van der Waals surface area (Å²) < 4.78 is 82.3. The summed E-state index contributed by atoms with van der Waals surface area (Å²) in [6.45, 7) is 2.55. The molecule has 3 rings (SSSR count). The monoisotopic (exact) mass is 592 g/mol. The number of alkyl halides is 3. The molecule has 0 aliphatic carbocycles. The van der Waals surface area contributed by atoms with Crippen LogP contribution in [0.4, 0.5) is 22.0 Å². The topological polar surface area (TPSA) is 128 Å². The summed E-state index contributed by atoms with van der Waals surface area (Å²) in [6.07, 6.45) is -3.62. The Bertz CT molecular complexity index is 1300. The minimum Gasteiger partial charge on any atom is -0.475 e. The summed E-state index contributed by atoms with van der Waals surface area (Å²) >= 11 is 0. The van der Waals surface area contributed by atoms with Crippen molar-refractivity contribution in [1.82, 2.24) is 15.5 Å². The molecule has 2 aromatic carbocycles. The molecule has 0 fully saturated rings. The van der Waals surface area contributed by atoms with E-state index in [1.807, 2.05) is 24.3 Å². The molecule has 0 saturated heterocycles. The van der Waals surface area contributed by atoms with E-state index in [1.165, 1.54) is 0 Å². The molecule has 220 valence electrons. The van der Waals surface area contributed by atoms with Gasteiger partial charge in [0.2, 0.25) is 5.91 Å². The lowest BCUT2D eigenvalue weighted by Crippen LogP contribution is -2.30. The van der Waals surface area contributed by atoms with Gasteiger partial charge in [-0.2, -0.15) is 13.2 Å². The molecule has 0 saturated carbocycles. The highest BCUT2D eigenvalue weighted by Gasteiger charge is 2.38. The van der Waals surface area contributed by atoms with E-state index in [4.69, 9.17) is 9.90 Å². The Hall–Kier alpha value is -3.59. The summed E-state index contributed by atoms with van der Waals surface area (Å²) in [6, 6.07) is 10.6. The first-order chi connectivity index (χ1) is 18.7. The van der Waals surface area contributed by atoms with Crippen LogP contribution in [0.3, 0.4) is 0 Å². The lowest BCUT2D eigenvalue weighted by Gasteiger charge is -2.17. The van der Waals surface area contributed by atoms with Crippen molar-refractivity contribution in [2.75, 3.05) is 39.1 Å². The van der Waals surface area contributed by atoms with Crippen molar-refractivity contribution in [2.24, 2.45) is 4.99 Å². The first-order valence-electron chi connectivity index (χ1n) is 12.0. The highest BCUT2D eigenvalue weighted by Crippen LogP contribution is 2.15. The highest BCUT2D eigenvalue weighted by atomic mass is 32.2. The van der Waals surface area contributed by atoms with Gasteiger partial charge >= 0.3 is 12.1 Å². The van der Waals surface area contributed by atoms with Crippen LogP contribution in [0.15, 0.2) is 52.4 Å². The summed E-state index contributed by atoms with van der Waals surface area (Å²) in [5.41, 5.74) is 2.18. The number of amidine groups is 1. The number of sulfone groups is 1. The number of nitrogens with one attached hydrogen (secondary N) is 2. The SMILES string of the molecule is CN(CCc1ccc(C2=NCCN2)cc1)C(=O)CCCNCS(=O)(=O)c1ccc(F)c(F)c1.O=C(O)C(F)(F)F. The van der Waals surface area contributed by atoms with E-state index in [1.54, 1.807) is 11.9 Å². The number of halogens is 5. The van der Waals surface area contributed by atoms with Crippen molar-refractivity contribution in [2.45, 2.75) is 30.3 Å². The Morgan fingerprint density at radius 1 is 1.10 bits per heavy atom. The van der Waals surface area contributed by atoms with Gasteiger partial charge in [-0.05, 0) is 43.1 Å². The number of carbonyl (C=O) groups excluding carboxylic acids is 1. The number of rotatable bonds is 11. The van der Waals surface area contributed by atoms with Crippen LogP contribution >= 0.6 is 0 Å². The molecule has 0 bridgehead atoms. The molecule has 3 N–H and O–H groups in total. The van der Waals surface area contributed by atoms with Gasteiger partial charge in [0.25, 0.3) is 0 Å². The third-order valence-corrected chi connectivity index (χ3v) is 7.15. The van der Waals surface area contributed by atoms with E-state index in [2.05, 4.69) is 15.6 Å². The van der Waals surface area contributed by atoms with Crippen LogP contribution in [-0.4, -0.2) is 81.4 Å². The predicted molar refractivity (Wildman–Crippen MR) is 137 cm³/mol. The van der Waals surface area contributed by atoms with Gasteiger partial charge in [-0.25, -0.2) is 22.0 Å². The third kappa shape index (κ3) is 10.5. The zero-order chi connectivity index (χ0) is 29.9. The number of hydrogen-bond acceptors (Lipinski definition) is 7. The number of nitrogens with zero attached hydrogens (tertiary/aromatic N) is 2. The fourth-order valence-electron chi connectivity index (χ4n) is 3.36. The number of hydrogen-bond donors (Lipinski definition) is 3. The number of amides is 1. The fourth-order valence-corrected chi connectivity index (χ4v) is 4.50. The van der Waals surface area contributed by atoms with Gasteiger partial charge in [-0.3, -0.25) is 9.79 Å². The van der Waals surface area contributed by atoms with Crippen LogP contribution in [-0.2, 0) is 25.8 Å². The second-order valence-corrected chi connectivity index (χ2v) is 10.7. The Balaban J connectivity index is 0.000000708. The number of aliphatic imine (C=N–C) groups is 1. The van der Waals surface area contributed by atoms with E-state index in [0.29, 0.717) is 25.6 Å². The van der Waals surface area contributed by atoms with Crippen molar-refractivity contribution in [1.29, 1.82) is 0 Å². The maximum absolute atomic E-state index is 13.3. The van der Waals surface area contributed by atoms with Crippen molar-refractivity contribution in [3.63, 3.8) is 0 Å². The van der Waals surface area contributed by atoms with Crippen LogP contribution in [0.25, 0.3) is 0 Å². The Morgan fingerprint density at radius 3 is 2.30 bits per heavy atom. The van der Waals surface area contributed by atoms with Crippen LogP contribution in [0, 0.1) is 11.6 Å². The third-order valence-electron chi connectivity index (χ3n) is 5.59. The lowest BCUT2D eigenvalue weighted by molar-refractivity contribution is -0.192. The van der Waals surface area contributed by atoms with E-state index in [9.17, 15) is 35.2 Å². The molecule has 1 aliphatic heterocycles. The zero-order valence-electron chi connectivity index (χ0n) is 21.5. The smallest absolute Gasteiger partial charge is 0.475 e. The number of aliphatic carboxylic acids is 1. The molecule has 15 heteroatoms. The maximum Gasteiger partial charge on any atom is 0.490 e. The van der Waals surface area contributed by atoms with Gasteiger partial charge in [0, 0.05) is 32.1 Å². The molecule has 0 atom stereocenters. The molecule has 9 nitrogen and oxygen atoms in total. The lowest BCUT2D eigenvalue weighted by atomic mass is 10.1. The van der Waals surface area contributed by atoms with Crippen molar-refractivity contribution in [3.8, 4) is 0 Å². The average Bonchev–Trinajstić information content (AvgIpc) is 3.43. The summed E-state index contributed by atoms with van der Waals surface area (Å²) in [7, 11) is -2.04. The first-order valence-corrected chi connectivity index (χ1v) is 13.7. The second kappa shape index (κ2) is 14.7. The normalized spacial score (nSPS) is 13.1. The second-order valence-electron chi connectivity index (χ2n) is 8.66. The largest absolute Gasteiger partial charge is 0.490 e. The summed E-state index contributed by atoms with van der Waals surface area (Å²) in [5.74, 6) is -4.59. The Labute approximate surface area is 228 Å². The quantitative estimate of drug-likeness (QED) is 0.208. The number of carboxylic acid groups (broad SMARTS) is 1. The molecule has 2 aromatic rings. The van der Waals surface area contributed by atoms with Gasteiger partial charge < -0.3 is 20.6 Å². The molecule has 0 unspecified atom stereocenters. The maximum atomic E-state index is 13.3. The van der Waals surface area contributed by atoms with Crippen LogP contribution in [0.1, 0.15) is 24.0 Å². The standard InChI is InChI=1S/C23H28F2N4O3S.C2HF3O2/c1-29(14-10-17-4-6-18(7-5-17)23-27-12-13-28-23)22(30)3-2-11-26-16-33(31,32)19-8-9-20(24)21(25)15-19;3-2(4,5)1(6)7/h4-9,15,26H,2-3,10-14,16H2,1H3,(H,27,28);(H,6,7). The van der Waals surface area contributed by atoms with Crippen molar-refractivity contribution in [3.05, 3.63) is 65.2 Å². The molecule has 0 spiro atoms. The number of carboxylic acids is 1. The molecular formula is C25H29F5N4O5S. The number of benzene rings is 2. The Kier molecular flexibility index (Phi) is 12.0. The van der Waals surface area contributed by atoms with Crippen LogP contribution in [0.2, 0.25) is 0 Å². The van der Waals surface area contributed by atoms with Crippen LogP contribution < -0.4 is 10.6 Å². The average molecular weight is 593 g/mol. The fraction of sp³-hybridized carbons (Fsp3) is 0.400. The van der Waals surface area contributed by atoms with Crippen LogP contribution in [0.5, 0.6) is 0 Å². The van der Waals surface area contributed by atoms with Crippen molar-refractivity contribution >= 4 is 27.5 Å². The van der Waals surface area contributed by atoms with Crippen molar-refractivity contribution < 1.29 is 45.1 Å². The number of likely N-dealkylation sites (N-methyl/N-ethyl adjacent to an activating group) is 1. The molecule has 40 heavy (non-hydrogen) atoms. The van der Waals surface area contributed by atoms with E-state index in [-0.39, 0.29) is 17.2 Å². The molecule has 1 amide bonds. The van der Waals surface area contributed by atoms with Gasteiger partial charge in [0.1, 0.15) is 11.7 Å². The van der Waals surface area contributed by atoms with E-state index in [0.717, 1.165) is 48.6 Å². The molecule has 0 radical (unpaired) electrons. The van der Waals surface area contributed by atoms with Gasteiger partial charge in [-0.1, -0.05) is 24.3 Å². The molecule has 0 aromatic heterocycles. The predicted octanol–water partition coefficient (Wildman–Crippen LogP) is 2.75. The number of carbonyl (C=O) groups is 2. The molecule has 1 aliphatic rings. The summed E-state index contributed by atoms with van der Waals surface area (Å²) in [5, 5.41) is 13.1. The molecule has 1 heterocycles. The van der Waals surface area contributed by atoms with E-state index < -0.39 is 39.5 Å². The minimum absolute atomic E-state index is 0.0265. The zero-order valence-corrected chi connectivity index (χ0v) is 22.3. The molecular weight excluding hydrogens is 563 g/mol. The van der Waals surface area contributed by atoms with Gasteiger partial charge in [-0.15, -0.1) is 0 Å². The minimum atomic E-state index is -5.08. The van der Waals surface area contributed by atoms with Gasteiger partial charge in [0.05, 0.1) is 11.4 Å². The van der Waals surface area contributed by atoms with Gasteiger partial charge in [0.15, 0.2) is 21.5 Å². The van der Waals surface area contributed by atoms with E-state index >= 15 is 0 Å². The Morgan fingerprint density at radius 2 is 1.75 bits per heavy atom. The summed E-state index contributed by atoms with van der Waals surface area (Å²) in [4.78, 5) is 27.0. The highest BCUT2D eigenvalue weighted by molar-refractivity contribution is 7.91.